The third kappa shape index (κ3) is 2.57. The van der Waals surface area contributed by atoms with E-state index in [9.17, 15) is 4.79 Å². The predicted molar refractivity (Wildman–Crippen MR) is 58.5 cm³/mol. The van der Waals surface area contributed by atoms with Gasteiger partial charge in [-0.3, -0.25) is 4.79 Å². The van der Waals surface area contributed by atoms with E-state index in [1.54, 1.807) is 19.0 Å². The summed E-state index contributed by atoms with van der Waals surface area (Å²) < 4.78 is 0. The second-order valence-electron chi connectivity index (χ2n) is 3.32. The lowest BCUT2D eigenvalue weighted by Gasteiger charge is -2.17. The minimum Gasteiger partial charge on any atom is -0.314 e. The SMILES string of the molecule is CNCC(=O)N(C)c1cccc(C)c1. The van der Waals surface area contributed by atoms with Crippen molar-refractivity contribution in [2.24, 2.45) is 0 Å². The van der Waals surface area contributed by atoms with Gasteiger partial charge in [0.05, 0.1) is 6.54 Å². The second-order valence-corrected chi connectivity index (χ2v) is 3.32. The number of anilines is 1. The molecule has 0 heterocycles. The van der Waals surface area contributed by atoms with Gasteiger partial charge in [-0.1, -0.05) is 12.1 Å². The Balaban J connectivity index is 2.78. The summed E-state index contributed by atoms with van der Waals surface area (Å²) in [6.45, 7) is 2.38. The highest BCUT2D eigenvalue weighted by atomic mass is 16.2. The first-order valence-electron chi connectivity index (χ1n) is 4.63. The molecule has 0 bridgehead atoms. The molecular formula is C11H16N2O. The number of likely N-dealkylation sites (N-methyl/N-ethyl adjacent to an activating group) is 2. The molecule has 0 saturated heterocycles. The third-order valence-electron chi connectivity index (χ3n) is 2.09. The Labute approximate surface area is 84.7 Å². The molecule has 0 spiro atoms. The van der Waals surface area contributed by atoms with Crippen molar-refractivity contribution in [3.8, 4) is 0 Å². The summed E-state index contributed by atoms with van der Waals surface area (Å²) in [7, 11) is 3.55. The van der Waals surface area contributed by atoms with E-state index in [2.05, 4.69) is 5.32 Å². The van der Waals surface area contributed by atoms with Crippen LogP contribution in [0.5, 0.6) is 0 Å². The minimum absolute atomic E-state index is 0.0677. The fourth-order valence-electron chi connectivity index (χ4n) is 1.25. The van der Waals surface area contributed by atoms with E-state index in [0.717, 1.165) is 11.3 Å². The number of amides is 1. The zero-order chi connectivity index (χ0) is 10.6. The van der Waals surface area contributed by atoms with Gasteiger partial charge in [-0.2, -0.15) is 0 Å². The summed E-state index contributed by atoms with van der Waals surface area (Å²) in [6, 6.07) is 7.89. The number of benzene rings is 1. The van der Waals surface area contributed by atoms with E-state index in [1.165, 1.54) is 0 Å². The van der Waals surface area contributed by atoms with Gasteiger partial charge in [-0.15, -0.1) is 0 Å². The molecule has 76 valence electrons. The van der Waals surface area contributed by atoms with Crippen molar-refractivity contribution in [2.75, 3.05) is 25.5 Å². The maximum atomic E-state index is 11.5. The van der Waals surface area contributed by atoms with Gasteiger partial charge in [0.1, 0.15) is 0 Å². The molecule has 1 aromatic rings. The standard InChI is InChI=1S/C11H16N2O/c1-9-5-4-6-10(7-9)13(3)11(14)8-12-2/h4-7,12H,8H2,1-3H3. The van der Waals surface area contributed by atoms with E-state index in [1.807, 2.05) is 31.2 Å². The Kier molecular flexibility index (Phi) is 3.65. The summed E-state index contributed by atoms with van der Waals surface area (Å²) in [5.41, 5.74) is 2.09. The van der Waals surface area contributed by atoms with Crippen molar-refractivity contribution >= 4 is 11.6 Å². The monoisotopic (exact) mass is 192 g/mol. The lowest BCUT2D eigenvalue weighted by Crippen LogP contribution is -2.34. The number of carbonyl (C=O) groups excluding carboxylic acids is 1. The zero-order valence-electron chi connectivity index (χ0n) is 8.87. The van der Waals surface area contributed by atoms with Crippen LogP contribution >= 0.6 is 0 Å². The van der Waals surface area contributed by atoms with E-state index in [4.69, 9.17) is 0 Å². The van der Waals surface area contributed by atoms with Crippen LogP contribution in [0.3, 0.4) is 0 Å². The summed E-state index contributed by atoms with van der Waals surface area (Å²) in [5.74, 6) is 0.0677. The number of nitrogens with zero attached hydrogens (tertiary/aromatic N) is 1. The first-order chi connectivity index (χ1) is 6.65. The molecule has 1 aromatic carbocycles. The molecule has 3 heteroatoms. The zero-order valence-corrected chi connectivity index (χ0v) is 8.87. The molecule has 14 heavy (non-hydrogen) atoms. The Bertz CT molecular complexity index is 323. The number of hydrogen-bond acceptors (Lipinski definition) is 2. The van der Waals surface area contributed by atoms with Gasteiger partial charge in [0.25, 0.3) is 0 Å². The predicted octanol–water partition coefficient (Wildman–Crippen LogP) is 1.18. The fraction of sp³-hybridized carbons (Fsp3) is 0.364. The van der Waals surface area contributed by atoms with Crippen LogP contribution in [0.4, 0.5) is 5.69 Å². The van der Waals surface area contributed by atoms with Crippen LogP contribution in [0, 0.1) is 6.92 Å². The second kappa shape index (κ2) is 4.77. The third-order valence-corrected chi connectivity index (χ3v) is 2.09. The van der Waals surface area contributed by atoms with E-state index >= 15 is 0 Å². The van der Waals surface area contributed by atoms with Crippen molar-refractivity contribution in [1.29, 1.82) is 0 Å². The number of carbonyl (C=O) groups is 1. The Morgan fingerprint density at radius 1 is 1.50 bits per heavy atom. The van der Waals surface area contributed by atoms with Crippen molar-refractivity contribution in [2.45, 2.75) is 6.92 Å². The normalized spacial score (nSPS) is 9.93. The quantitative estimate of drug-likeness (QED) is 0.780. The summed E-state index contributed by atoms with van der Waals surface area (Å²) >= 11 is 0. The summed E-state index contributed by atoms with van der Waals surface area (Å²) in [5, 5.41) is 2.84. The van der Waals surface area contributed by atoms with Crippen molar-refractivity contribution < 1.29 is 4.79 Å². The van der Waals surface area contributed by atoms with Crippen LogP contribution in [0.2, 0.25) is 0 Å². The number of nitrogens with one attached hydrogen (secondary N) is 1. The van der Waals surface area contributed by atoms with Crippen molar-refractivity contribution in [3.05, 3.63) is 29.8 Å². The first-order valence-corrected chi connectivity index (χ1v) is 4.63. The Morgan fingerprint density at radius 2 is 2.21 bits per heavy atom. The highest BCUT2D eigenvalue weighted by Crippen LogP contribution is 2.13. The molecule has 0 radical (unpaired) electrons. The summed E-state index contributed by atoms with van der Waals surface area (Å²) in [6.07, 6.45) is 0. The molecule has 0 saturated carbocycles. The number of rotatable bonds is 3. The van der Waals surface area contributed by atoms with Gasteiger partial charge < -0.3 is 10.2 Å². The molecule has 1 N–H and O–H groups in total. The van der Waals surface area contributed by atoms with E-state index in [0.29, 0.717) is 6.54 Å². The lowest BCUT2D eigenvalue weighted by atomic mass is 10.2. The van der Waals surface area contributed by atoms with Crippen molar-refractivity contribution in [3.63, 3.8) is 0 Å². The van der Waals surface area contributed by atoms with Gasteiger partial charge >= 0.3 is 0 Å². The molecule has 0 aliphatic heterocycles. The first kappa shape index (κ1) is 10.7. The largest absolute Gasteiger partial charge is 0.314 e. The molecule has 0 aromatic heterocycles. The van der Waals surface area contributed by atoms with Crippen LogP contribution in [0.1, 0.15) is 5.56 Å². The maximum Gasteiger partial charge on any atom is 0.240 e. The van der Waals surface area contributed by atoms with Crippen LogP contribution in [0.15, 0.2) is 24.3 Å². The lowest BCUT2D eigenvalue weighted by molar-refractivity contribution is -0.117. The van der Waals surface area contributed by atoms with Gasteiger partial charge in [-0.25, -0.2) is 0 Å². The molecule has 0 aliphatic carbocycles. The smallest absolute Gasteiger partial charge is 0.240 e. The molecule has 1 rings (SSSR count). The van der Waals surface area contributed by atoms with Crippen LogP contribution in [-0.2, 0) is 4.79 Å². The van der Waals surface area contributed by atoms with Crippen molar-refractivity contribution in [1.82, 2.24) is 5.32 Å². The molecule has 1 amide bonds. The number of hydrogen-bond donors (Lipinski definition) is 1. The Hall–Kier alpha value is -1.35. The van der Waals surface area contributed by atoms with Gasteiger partial charge in [0.2, 0.25) is 5.91 Å². The highest BCUT2D eigenvalue weighted by Gasteiger charge is 2.08. The molecular weight excluding hydrogens is 176 g/mol. The molecule has 3 nitrogen and oxygen atoms in total. The average molecular weight is 192 g/mol. The molecule has 0 aliphatic rings. The molecule has 0 atom stereocenters. The van der Waals surface area contributed by atoms with Gasteiger partial charge in [0, 0.05) is 12.7 Å². The minimum atomic E-state index is 0.0677. The highest BCUT2D eigenvalue weighted by molar-refractivity contribution is 5.94. The average Bonchev–Trinajstić information content (AvgIpc) is 2.17. The van der Waals surface area contributed by atoms with Crippen LogP contribution in [-0.4, -0.2) is 26.5 Å². The van der Waals surface area contributed by atoms with E-state index < -0.39 is 0 Å². The number of aryl methyl sites for hydroxylation is 1. The van der Waals surface area contributed by atoms with E-state index in [-0.39, 0.29) is 5.91 Å². The van der Waals surface area contributed by atoms with Crippen LogP contribution < -0.4 is 10.2 Å². The van der Waals surface area contributed by atoms with Crippen LogP contribution in [0.25, 0.3) is 0 Å². The Morgan fingerprint density at radius 3 is 2.79 bits per heavy atom. The van der Waals surface area contributed by atoms with Gasteiger partial charge in [0.15, 0.2) is 0 Å². The molecule has 0 fully saturated rings. The molecule has 0 unspecified atom stereocenters. The summed E-state index contributed by atoms with van der Waals surface area (Å²) in [4.78, 5) is 13.2. The fourth-order valence-corrected chi connectivity index (χ4v) is 1.25. The topological polar surface area (TPSA) is 32.3 Å². The maximum absolute atomic E-state index is 11.5. The van der Waals surface area contributed by atoms with Gasteiger partial charge in [-0.05, 0) is 31.7 Å².